The number of amides is 1. The lowest BCUT2D eigenvalue weighted by atomic mass is 9.96. The lowest BCUT2D eigenvalue weighted by Crippen LogP contribution is -2.17. The average Bonchev–Trinajstić information content (AvgIpc) is 2.67. The number of carbonyl (C=O) groups is 2. The second-order valence-corrected chi connectivity index (χ2v) is 5.71. The van der Waals surface area contributed by atoms with Gasteiger partial charge in [0.25, 0.3) is 0 Å². The van der Waals surface area contributed by atoms with Crippen molar-refractivity contribution in [3.05, 3.63) is 29.8 Å². The summed E-state index contributed by atoms with van der Waals surface area (Å²) in [5, 5.41) is 2.90. The van der Waals surface area contributed by atoms with Gasteiger partial charge in [-0.1, -0.05) is 37.8 Å². The maximum atomic E-state index is 12.1. The fourth-order valence-electron chi connectivity index (χ4n) is 2.93. The fraction of sp³-hybridized carbons (Fsp3) is 0.529. The molecule has 0 unspecified atom stereocenters. The molecule has 0 heterocycles. The fourth-order valence-corrected chi connectivity index (χ4v) is 2.93. The van der Waals surface area contributed by atoms with Gasteiger partial charge in [0.2, 0.25) is 5.91 Å². The summed E-state index contributed by atoms with van der Waals surface area (Å²) in [5.41, 5.74) is 1.22. The lowest BCUT2D eigenvalue weighted by molar-refractivity contribution is -0.117. The minimum atomic E-state index is -0.0182. The van der Waals surface area contributed by atoms with Crippen LogP contribution in [0.25, 0.3) is 0 Å². The average molecular weight is 273 g/mol. The van der Waals surface area contributed by atoms with E-state index < -0.39 is 0 Å². The van der Waals surface area contributed by atoms with E-state index in [9.17, 15) is 9.59 Å². The van der Waals surface area contributed by atoms with E-state index in [0.29, 0.717) is 23.6 Å². The molecule has 0 spiro atoms. The molecule has 20 heavy (non-hydrogen) atoms. The monoisotopic (exact) mass is 273 g/mol. The van der Waals surface area contributed by atoms with E-state index in [1.165, 1.54) is 32.6 Å². The molecule has 1 saturated carbocycles. The zero-order valence-corrected chi connectivity index (χ0v) is 12.2. The van der Waals surface area contributed by atoms with Crippen LogP contribution in [0.4, 0.5) is 5.69 Å². The molecule has 1 fully saturated rings. The first kappa shape index (κ1) is 14.8. The van der Waals surface area contributed by atoms with Crippen molar-refractivity contribution in [1.82, 2.24) is 0 Å². The zero-order valence-electron chi connectivity index (χ0n) is 12.2. The minimum absolute atomic E-state index is 0.0182. The lowest BCUT2D eigenvalue weighted by Gasteiger charge is -2.14. The Morgan fingerprint density at radius 3 is 2.40 bits per heavy atom. The first-order valence-corrected chi connectivity index (χ1v) is 7.56. The van der Waals surface area contributed by atoms with Crippen LogP contribution in [0.3, 0.4) is 0 Å². The maximum Gasteiger partial charge on any atom is 0.224 e. The summed E-state index contributed by atoms with van der Waals surface area (Å²) < 4.78 is 0. The van der Waals surface area contributed by atoms with Crippen molar-refractivity contribution < 1.29 is 9.59 Å². The predicted molar refractivity (Wildman–Crippen MR) is 80.9 cm³/mol. The summed E-state index contributed by atoms with van der Waals surface area (Å²) in [4.78, 5) is 23.7. The maximum absolute atomic E-state index is 12.1. The molecule has 1 amide bonds. The minimum Gasteiger partial charge on any atom is -0.325 e. The summed E-state index contributed by atoms with van der Waals surface area (Å²) in [6, 6.07) is 7.21. The first-order chi connectivity index (χ1) is 9.66. The highest BCUT2D eigenvalue weighted by Gasteiger charge is 2.17. The molecule has 1 aromatic carbocycles. The number of para-hydroxylation sites is 1. The standard InChI is InChI=1S/C17H23NO2/c1-13(19)15-10-6-7-11-16(15)18-17(20)12-14-8-4-2-3-5-9-14/h6-7,10-11,14H,2-5,8-9,12H2,1H3,(H,18,20). The molecular formula is C17H23NO2. The number of anilines is 1. The van der Waals surface area contributed by atoms with E-state index in [0.717, 1.165) is 12.8 Å². The van der Waals surface area contributed by atoms with E-state index in [-0.39, 0.29) is 11.7 Å². The Hall–Kier alpha value is -1.64. The number of nitrogens with one attached hydrogen (secondary N) is 1. The highest BCUT2D eigenvalue weighted by atomic mass is 16.1. The molecule has 108 valence electrons. The molecule has 0 aromatic heterocycles. The number of Topliss-reactive ketones (excluding diaryl/α,β-unsaturated/α-hetero) is 1. The van der Waals surface area contributed by atoms with E-state index in [1.807, 2.05) is 12.1 Å². The molecule has 1 N–H and O–H groups in total. The quantitative estimate of drug-likeness (QED) is 0.660. The Kier molecular flexibility index (Phi) is 5.33. The third-order valence-corrected chi connectivity index (χ3v) is 4.03. The summed E-state index contributed by atoms with van der Waals surface area (Å²) in [6.07, 6.45) is 7.95. The topological polar surface area (TPSA) is 46.2 Å². The van der Waals surface area contributed by atoms with E-state index in [4.69, 9.17) is 0 Å². The van der Waals surface area contributed by atoms with Crippen LogP contribution in [0, 0.1) is 5.92 Å². The number of hydrogen-bond donors (Lipinski definition) is 1. The highest BCUT2D eigenvalue weighted by Crippen LogP contribution is 2.26. The molecule has 3 nitrogen and oxygen atoms in total. The van der Waals surface area contributed by atoms with Gasteiger partial charge < -0.3 is 5.32 Å². The summed E-state index contributed by atoms with van der Waals surface area (Å²) in [7, 11) is 0. The largest absolute Gasteiger partial charge is 0.325 e. The van der Waals surface area contributed by atoms with Gasteiger partial charge in [-0.25, -0.2) is 0 Å². The van der Waals surface area contributed by atoms with Gasteiger partial charge in [-0.05, 0) is 37.8 Å². The Morgan fingerprint density at radius 2 is 1.75 bits per heavy atom. The Bertz CT molecular complexity index is 474. The molecule has 2 rings (SSSR count). The van der Waals surface area contributed by atoms with Crippen LogP contribution in [0.15, 0.2) is 24.3 Å². The molecular weight excluding hydrogens is 250 g/mol. The number of ketones is 1. The van der Waals surface area contributed by atoms with Crippen molar-refractivity contribution in [2.24, 2.45) is 5.92 Å². The third kappa shape index (κ3) is 4.19. The third-order valence-electron chi connectivity index (χ3n) is 4.03. The summed E-state index contributed by atoms with van der Waals surface area (Å²) in [5.74, 6) is 0.517. The van der Waals surface area contributed by atoms with Gasteiger partial charge >= 0.3 is 0 Å². The van der Waals surface area contributed by atoms with Gasteiger partial charge in [0.05, 0.1) is 5.69 Å². The van der Waals surface area contributed by atoms with Crippen molar-refractivity contribution in [1.29, 1.82) is 0 Å². The number of hydrogen-bond acceptors (Lipinski definition) is 2. The van der Waals surface area contributed by atoms with Crippen LogP contribution in [0.2, 0.25) is 0 Å². The molecule has 0 bridgehead atoms. The van der Waals surface area contributed by atoms with Crippen LogP contribution >= 0.6 is 0 Å². The van der Waals surface area contributed by atoms with Gasteiger partial charge in [-0.2, -0.15) is 0 Å². The Morgan fingerprint density at radius 1 is 1.10 bits per heavy atom. The second kappa shape index (κ2) is 7.22. The Balaban J connectivity index is 1.95. The van der Waals surface area contributed by atoms with Crippen LogP contribution in [0.5, 0.6) is 0 Å². The zero-order chi connectivity index (χ0) is 14.4. The van der Waals surface area contributed by atoms with Crippen molar-refractivity contribution in [2.75, 3.05) is 5.32 Å². The molecule has 0 aliphatic heterocycles. The second-order valence-electron chi connectivity index (χ2n) is 5.71. The SMILES string of the molecule is CC(=O)c1ccccc1NC(=O)CC1CCCCCC1. The molecule has 0 atom stereocenters. The number of carbonyl (C=O) groups excluding carboxylic acids is 2. The number of benzene rings is 1. The van der Waals surface area contributed by atoms with Crippen molar-refractivity contribution >= 4 is 17.4 Å². The van der Waals surface area contributed by atoms with E-state index in [1.54, 1.807) is 12.1 Å². The Labute approximate surface area is 120 Å². The van der Waals surface area contributed by atoms with E-state index in [2.05, 4.69) is 5.32 Å². The van der Waals surface area contributed by atoms with Crippen LogP contribution in [-0.4, -0.2) is 11.7 Å². The van der Waals surface area contributed by atoms with Gasteiger partial charge in [0.1, 0.15) is 0 Å². The summed E-state index contributed by atoms with van der Waals surface area (Å²) >= 11 is 0. The molecule has 1 aromatic rings. The summed E-state index contributed by atoms with van der Waals surface area (Å²) in [6.45, 7) is 1.52. The molecule has 1 aliphatic carbocycles. The normalized spacial score (nSPS) is 16.4. The van der Waals surface area contributed by atoms with Gasteiger partial charge in [-0.3, -0.25) is 9.59 Å². The van der Waals surface area contributed by atoms with Crippen LogP contribution in [-0.2, 0) is 4.79 Å². The van der Waals surface area contributed by atoms with Crippen molar-refractivity contribution in [3.63, 3.8) is 0 Å². The van der Waals surface area contributed by atoms with Crippen LogP contribution in [0.1, 0.15) is 62.2 Å². The molecule has 3 heteroatoms. The van der Waals surface area contributed by atoms with Gasteiger partial charge in [-0.15, -0.1) is 0 Å². The molecule has 1 aliphatic rings. The van der Waals surface area contributed by atoms with Gasteiger partial charge in [0, 0.05) is 12.0 Å². The van der Waals surface area contributed by atoms with Crippen molar-refractivity contribution in [2.45, 2.75) is 51.9 Å². The molecule has 0 radical (unpaired) electrons. The van der Waals surface area contributed by atoms with Crippen LogP contribution < -0.4 is 5.32 Å². The highest BCUT2D eigenvalue weighted by molar-refractivity contribution is 6.03. The molecule has 0 saturated heterocycles. The van der Waals surface area contributed by atoms with Crippen molar-refractivity contribution in [3.8, 4) is 0 Å². The van der Waals surface area contributed by atoms with Gasteiger partial charge in [0.15, 0.2) is 5.78 Å². The number of rotatable bonds is 4. The van der Waals surface area contributed by atoms with E-state index >= 15 is 0 Å². The smallest absolute Gasteiger partial charge is 0.224 e. The first-order valence-electron chi connectivity index (χ1n) is 7.56. The predicted octanol–water partition coefficient (Wildman–Crippen LogP) is 4.19.